The number of benzene rings is 1. The third kappa shape index (κ3) is 5.82. The maximum absolute atomic E-state index is 13.6. The second kappa shape index (κ2) is 9.03. The Morgan fingerprint density at radius 2 is 1.93 bits per heavy atom. The third-order valence-electron chi connectivity index (χ3n) is 3.76. The molecule has 0 unspecified atom stereocenters. The Morgan fingerprint density at radius 3 is 2.52 bits per heavy atom. The first-order valence-electron chi connectivity index (χ1n) is 8.78. The lowest BCUT2D eigenvalue weighted by atomic mass is 10.2. The predicted molar refractivity (Wildman–Crippen MR) is 95.9 cm³/mol. The van der Waals surface area contributed by atoms with Gasteiger partial charge in [0.05, 0.1) is 17.4 Å². The van der Waals surface area contributed by atoms with Gasteiger partial charge in [-0.05, 0) is 31.4 Å². The van der Waals surface area contributed by atoms with Crippen LogP contribution in [0.5, 0.6) is 0 Å². The van der Waals surface area contributed by atoms with Gasteiger partial charge in [0.15, 0.2) is 5.69 Å². The Hall–Kier alpha value is -2.35. The number of carbonyl (C=O) groups excluding carboxylic acids is 1. The number of aromatic nitrogens is 2. The lowest BCUT2D eigenvalue weighted by Gasteiger charge is -2.13. The summed E-state index contributed by atoms with van der Waals surface area (Å²) in [6.07, 6.45) is -3.24. The van der Waals surface area contributed by atoms with Crippen LogP contribution in [0, 0.1) is 12.8 Å². The van der Waals surface area contributed by atoms with Gasteiger partial charge in [0.25, 0.3) is 5.91 Å². The monoisotopic (exact) mass is 383 g/mol. The molecule has 0 radical (unpaired) electrons. The number of carbonyl (C=O) groups is 1. The lowest BCUT2D eigenvalue weighted by molar-refractivity contribution is -0.143. The number of nitrogens with zero attached hydrogens (tertiary/aromatic N) is 2. The van der Waals surface area contributed by atoms with E-state index in [4.69, 9.17) is 4.74 Å². The molecule has 0 aliphatic heterocycles. The molecule has 2 rings (SSSR count). The molecule has 0 atom stereocenters. The van der Waals surface area contributed by atoms with Gasteiger partial charge in [-0.25, -0.2) is 4.68 Å². The van der Waals surface area contributed by atoms with Gasteiger partial charge >= 0.3 is 6.18 Å². The summed E-state index contributed by atoms with van der Waals surface area (Å²) in [5, 5.41) is 6.29. The minimum absolute atomic E-state index is 0.226. The highest BCUT2D eigenvalue weighted by molar-refractivity contribution is 5.95. The van der Waals surface area contributed by atoms with E-state index >= 15 is 0 Å². The van der Waals surface area contributed by atoms with Crippen molar-refractivity contribution in [3.05, 3.63) is 47.3 Å². The topological polar surface area (TPSA) is 56.2 Å². The Kier molecular flexibility index (Phi) is 7.01. The van der Waals surface area contributed by atoms with Gasteiger partial charge < -0.3 is 10.1 Å². The van der Waals surface area contributed by atoms with E-state index in [1.807, 2.05) is 20.8 Å². The average molecular weight is 383 g/mol. The number of ether oxygens (including phenoxy) is 1. The van der Waals surface area contributed by atoms with Crippen LogP contribution in [0.2, 0.25) is 0 Å². The number of hydrogen-bond donors (Lipinski definition) is 1. The van der Waals surface area contributed by atoms with Crippen molar-refractivity contribution in [2.45, 2.75) is 33.4 Å². The Morgan fingerprint density at radius 1 is 1.26 bits per heavy atom. The van der Waals surface area contributed by atoms with Crippen LogP contribution in [0.25, 0.3) is 5.69 Å². The first-order chi connectivity index (χ1) is 12.7. The van der Waals surface area contributed by atoms with E-state index in [-0.39, 0.29) is 12.2 Å². The van der Waals surface area contributed by atoms with Crippen molar-refractivity contribution in [2.75, 3.05) is 19.8 Å². The second-order valence-electron chi connectivity index (χ2n) is 6.73. The normalized spacial score (nSPS) is 11.8. The van der Waals surface area contributed by atoms with E-state index in [1.54, 1.807) is 12.1 Å². The van der Waals surface area contributed by atoms with Crippen molar-refractivity contribution in [1.29, 1.82) is 0 Å². The fourth-order valence-corrected chi connectivity index (χ4v) is 2.46. The van der Waals surface area contributed by atoms with E-state index in [9.17, 15) is 18.0 Å². The molecule has 0 saturated heterocycles. The van der Waals surface area contributed by atoms with Crippen LogP contribution in [-0.2, 0) is 10.9 Å². The van der Waals surface area contributed by atoms with Gasteiger partial charge in [-0.3, -0.25) is 4.79 Å². The highest BCUT2D eigenvalue weighted by Gasteiger charge is 2.40. The van der Waals surface area contributed by atoms with E-state index in [1.165, 1.54) is 12.1 Å². The summed E-state index contributed by atoms with van der Waals surface area (Å²) in [4.78, 5) is 12.2. The average Bonchev–Trinajstić information content (AvgIpc) is 3.03. The Balaban J connectivity index is 2.10. The first-order valence-corrected chi connectivity index (χ1v) is 8.78. The summed E-state index contributed by atoms with van der Waals surface area (Å²) in [5.41, 5.74) is -0.419. The number of nitrogens with one attached hydrogen (secondary N) is 1. The zero-order valence-electron chi connectivity index (χ0n) is 15.6. The van der Waals surface area contributed by atoms with Gasteiger partial charge in [-0.1, -0.05) is 31.5 Å². The van der Waals surface area contributed by atoms with Gasteiger partial charge in [-0.2, -0.15) is 18.3 Å². The van der Waals surface area contributed by atoms with E-state index in [2.05, 4.69) is 10.4 Å². The summed E-state index contributed by atoms with van der Waals surface area (Å²) in [6.45, 7) is 7.15. The summed E-state index contributed by atoms with van der Waals surface area (Å²) < 4.78 is 46.8. The molecule has 1 N–H and O–H groups in total. The quantitative estimate of drug-likeness (QED) is 0.701. The summed E-state index contributed by atoms with van der Waals surface area (Å²) in [6, 6.07) is 6.44. The molecule has 1 amide bonds. The van der Waals surface area contributed by atoms with Crippen molar-refractivity contribution in [1.82, 2.24) is 15.1 Å². The third-order valence-corrected chi connectivity index (χ3v) is 3.76. The molecule has 0 bridgehead atoms. The van der Waals surface area contributed by atoms with E-state index < -0.39 is 23.3 Å². The van der Waals surface area contributed by atoms with Gasteiger partial charge in [0.2, 0.25) is 0 Å². The number of halogens is 3. The van der Waals surface area contributed by atoms with Crippen molar-refractivity contribution in [2.24, 2.45) is 5.92 Å². The number of rotatable bonds is 8. The molecular formula is C19H24F3N3O2. The number of amides is 1. The SMILES string of the molecule is Cc1ccc(-n2ncc(C(=O)NCCCOCC(C)C)c2C(F)(F)F)cc1. The van der Waals surface area contributed by atoms with E-state index in [0.29, 0.717) is 25.6 Å². The zero-order valence-corrected chi connectivity index (χ0v) is 15.6. The molecule has 0 spiro atoms. The highest BCUT2D eigenvalue weighted by Crippen LogP contribution is 2.33. The molecule has 8 heteroatoms. The van der Waals surface area contributed by atoms with Gasteiger partial charge in [0, 0.05) is 19.8 Å². The number of alkyl halides is 3. The molecule has 0 aliphatic rings. The Bertz CT molecular complexity index is 753. The van der Waals surface area contributed by atoms with Crippen molar-refractivity contribution >= 4 is 5.91 Å². The fourth-order valence-electron chi connectivity index (χ4n) is 2.46. The molecule has 0 fully saturated rings. The maximum atomic E-state index is 13.6. The predicted octanol–water partition coefficient (Wildman–Crippen LogP) is 3.99. The zero-order chi connectivity index (χ0) is 20.0. The van der Waals surface area contributed by atoms with E-state index in [0.717, 1.165) is 16.4 Å². The number of aryl methyl sites for hydroxylation is 1. The molecule has 1 aromatic heterocycles. The molecule has 27 heavy (non-hydrogen) atoms. The summed E-state index contributed by atoms with van der Waals surface area (Å²) in [5.74, 6) is -0.397. The van der Waals surface area contributed by atoms with Crippen LogP contribution in [-0.4, -0.2) is 35.4 Å². The summed E-state index contributed by atoms with van der Waals surface area (Å²) >= 11 is 0. The van der Waals surface area contributed by atoms with Crippen LogP contribution < -0.4 is 5.32 Å². The fraction of sp³-hybridized carbons (Fsp3) is 0.474. The molecular weight excluding hydrogens is 359 g/mol. The van der Waals surface area contributed by atoms with Crippen LogP contribution >= 0.6 is 0 Å². The molecule has 0 aliphatic carbocycles. The molecule has 0 saturated carbocycles. The maximum Gasteiger partial charge on any atom is 0.434 e. The van der Waals surface area contributed by atoms with Crippen LogP contribution in [0.4, 0.5) is 13.2 Å². The number of hydrogen-bond acceptors (Lipinski definition) is 3. The molecule has 148 valence electrons. The summed E-state index contributed by atoms with van der Waals surface area (Å²) in [7, 11) is 0. The van der Waals surface area contributed by atoms with Crippen LogP contribution in [0.1, 0.15) is 41.9 Å². The standard InChI is InChI=1S/C19H24F3N3O2/c1-13(2)12-27-10-4-9-23-18(26)16-11-24-25(17(16)19(20,21)22)15-7-5-14(3)6-8-15/h5-8,11,13H,4,9-10,12H2,1-3H3,(H,23,26). The molecule has 1 aromatic carbocycles. The smallest absolute Gasteiger partial charge is 0.381 e. The van der Waals surface area contributed by atoms with Crippen molar-refractivity contribution in [3.8, 4) is 5.69 Å². The molecule has 2 aromatic rings. The second-order valence-corrected chi connectivity index (χ2v) is 6.73. The molecule has 5 nitrogen and oxygen atoms in total. The van der Waals surface area contributed by atoms with Crippen LogP contribution in [0.3, 0.4) is 0 Å². The Labute approximate surface area is 156 Å². The van der Waals surface area contributed by atoms with Crippen molar-refractivity contribution in [3.63, 3.8) is 0 Å². The first kappa shape index (κ1) is 21.0. The largest absolute Gasteiger partial charge is 0.434 e. The van der Waals surface area contributed by atoms with Crippen molar-refractivity contribution < 1.29 is 22.7 Å². The molecule has 1 heterocycles. The minimum atomic E-state index is -4.71. The lowest BCUT2D eigenvalue weighted by Crippen LogP contribution is -2.28. The van der Waals surface area contributed by atoms with Gasteiger partial charge in [0.1, 0.15) is 0 Å². The minimum Gasteiger partial charge on any atom is -0.381 e. The van der Waals surface area contributed by atoms with Crippen LogP contribution in [0.15, 0.2) is 30.5 Å². The highest BCUT2D eigenvalue weighted by atomic mass is 19.4. The van der Waals surface area contributed by atoms with Gasteiger partial charge in [-0.15, -0.1) is 0 Å².